The Hall–Kier alpha value is -2.70. The minimum Gasteiger partial charge on any atom is -0.480 e. The van der Waals surface area contributed by atoms with Crippen molar-refractivity contribution in [2.45, 2.75) is 63.8 Å². The van der Waals surface area contributed by atoms with Crippen LogP contribution in [0.1, 0.15) is 56.2 Å². The molecule has 0 spiro atoms. The number of fused-ring (bicyclic) bond motifs is 1. The Balaban J connectivity index is 1.30. The number of carboxylic acids is 1. The molecule has 3 heterocycles. The maximum absolute atomic E-state index is 11.4. The lowest BCUT2D eigenvalue weighted by molar-refractivity contribution is -0.138. The van der Waals surface area contributed by atoms with Crippen molar-refractivity contribution >= 4 is 17.6 Å². The third-order valence-corrected chi connectivity index (χ3v) is 5.08. The van der Waals surface area contributed by atoms with E-state index in [9.17, 15) is 9.90 Å². The van der Waals surface area contributed by atoms with Crippen molar-refractivity contribution in [2.24, 2.45) is 0 Å². The van der Waals surface area contributed by atoms with Crippen molar-refractivity contribution in [2.75, 3.05) is 17.2 Å². The molecule has 3 N–H and O–H groups in total. The maximum atomic E-state index is 11.4. The third kappa shape index (κ3) is 6.18. The highest BCUT2D eigenvalue weighted by Gasteiger charge is 2.17. The second-order valence-corrected chi connectivity index (χ2v) is 7.28. The zero-order valence-corrected chi connectivity index (χ0v) is 16.2. The van der Waals surface area contributed by atoms with E-state index in [2.05, 4.69) is 32.7 Å². The van der Waals surface area contributed by atoms with Gasteiger partial charge in [-0.05, 0) is 49.8 Å². The molecule has 0 fully saturated rings. The summed E-state index contributed by atoms with van der Waals surface area (Å²) in [4.78, 5) is 24.0. The van der Waals surface area contributed by atoms with Gasteiger partial charge in [0.1, 0.15) is 24.0 Å². The fraction of sp³-hybridized carbons (Fsp3) is 0.524. The summed E-state index contributed by atoms with van der Waals surface area (Å²) in [6, 6.07) is 5.44. The van der Waals surface area contributed by atoms with Gasteiger partial charge in [0.2, 0.25) is 0 Å². The third-order valence-electron chi connectivity index (χ3n) is 5.08. The van der Waals surface area contributed by atoms with Crippen molar-refractivity contribution in [1.29, 1.82) is 0 Å². The molecule has 0 saturated carbocycles. The molecule has 7 heteroatoms. The molecule has 0 bridgehead atoms. The van der Waals surface area contributed by atoms with Crippen LogP contribution >= 0.6 is 0 Å². The fourth-order valence-electron chi connectivity index (χ4n) is 3.50. The number of aliphatic carboxylic acids is 1. The van der Waals surface area contributed by atoms with E-state index in [1.54, 1.807) is 12.3 Å². The van der Waals surface area contributed by atoms with Gasteiger partial charge in [-0.15, -0.1) is 0 Å². The number of carbonyl (C=O) groups is 1. The number of nitrogens with one attached hydrogen (secondary N) is 2. The van der Waals surface area contributed by atoms with Crippen LogP contribution in [0, 0.1) is 0 Å². The van der Waals surface area contributed by atoms with Gasteiger partial charge in [0, 0.05) is 18.4 Å². The number of aryl methyl sites for hydroxylation is 2. The van der Waals surface area contributed by atoms with E-state index in [0.29, 0.717) is 12.2 Å². The minimum atomic E-state index is -0.842. The van der Waals surface area contributed by atoms with E-state index in [0.717, 1.165) is 63.0 Å². The van der Waals surface area contributed by atoms with Crippen LogP contribution in [0.25, 0.3) is 0 Å². The zero-order valence-electron chi connectivity index (χ0n) is 16.2. The lowest BCUT2D eigenvalue weighted by Crippen LogP contribution is -2.29. The second kappa shape index (κ2) is 10.6. The molecule has 0 aliphatic carbocycles. The Morgan fingerprint density at radius 3 is 2.86 bits per heavy atom. The summed E-state index contributed by atoms with van der Waals surface area (Å²) < 4.78 is 0. The van der Waals surface area contributed by atoms with Crippen LogP contribution in [0.4, 0.5) is 11.6 Å². The molecule has 0 aromatic carbocycles. The van der Waals surface area contributed by atoms with Crippen LogP contribution in [0.2, 0.25) is 0 Å². The van der Waals surface area contributed by atoms with E-state index in [4.69, 9.17) is 4.98 Å². The predicted molar refractivity (Wildman–Crippen MR) is 110 cm³/mol. The second-order valence-electron chi connectivity index (χ2n) is 7.28. The molecule has 2 aromatic heterocycles. The number of nitrogens with zero attached hydrogens (tertiary/aromatic N) is 3. The van der Waals surface area contributed by atoms with Gasteiger partial charge in [0.05, 0.1) is 0 Å². The van der Waals surface area contributed by atoms with Crippen LogP contribution < -0.4 is 10.6 Å². The van der Waals surface area contributed by atoms with Crippen molar-refractivity contribution in [3.63, 3.8) is 0 Å². The molecule has 1 aliphatic rings. The molecule has 0 amide bonds. The van der Waals surface area contributed by atoms with Crippen LogP contribution in [0.15, 0.2) is 30.7 Å². The Labute approximate surface area is 166 Å². The summed E-state index contributed by atoms with van der Waals surface area (Å²) in [6.07, 6.45) is 12.2. The van der Waals surface area contributed by atoms with Crippen molar-refractivity contribution < 1.29 is 9.90 Å². The van der Waals surface area contributed by atoms with Gasteiger partial charge in [0.25, 0.3) is 0 Å². The number of pyridine rings is 1. The molecule has 1 unspecified atom stereocenters. The highest BCUT2D eigenvalue weighted by atomic mass is 16.4. The first-order chi connectivity index (χ1) is 13.7. The Bertz CT molecular complexity index is 754. The summed E-state index contributed by atoms with van der Waals surface area (Å²) in [7, 11) is 0. The normalized spacial score (nSPS) is 14.0. The lowest BCUT2D eigenvalue weighted by Gasteiger charge is -2.17. The monoisotopic (exact) mass is 383 g/mol. The fourth-order valence-corrected chi connectivity index (χ4v) is 3.50. The average molecular weight is 383 g/mol. The van der Waals surface area contributed by atoms with E-state index >= 15 is 0 Å². The van der Waals surface area contributed by atoms with Gasteiger partial charge in [-0.2, -0.15) is 0 Å². The van der Waals surface area contributed by atoms with Gasteiger partial charge in [-0.3, -0.25) is 0 Å². The largest absolute Gasteiger partial charge is 0.480 e. The molecular formula is C21H29N5O2. The molecule has 0 saturated heterocycles. The van der Waals surface area contributed by atoms with E-state index in [-0.39, 0.29) is 0 Å². The smallest absolute Gasteiger partial charge is 0.326 e. The number of carboxylic acid groups (broad SMARTS) is 1. The van der Waals surface area contributed by atoms with Crippen LogP contribution in [-0.2, 0) is 17.6 Å². The molecular weight excluding hydrogens is 354 g/mol. The highest BCUT2D eigenvalue weighted by Crippen LogP contribution is 2.20. The van der Waals surface area contributed by atoms with E-state index < -0.39 is 12.0 Å². The summed E-state index contributed by atoms with van der Waals surface area (Å²) in [5.41, 5.74) is 2.49. The van der Waals surface area contributed by atoms with Crippen LogP contribution in [0.3, 0.4) is 0 Å². The van der Waals surface area contributed by atoms with Gasteiger partial charge in [-0.1, -0.05) is 31.7 Å². The van der Waals surface area contributed by atoms with Crippen molar-refractivity contribution in [3.8, 4) is 0 Å². The highest BCUT2D eigenvalue weighted by molar-refractivity contribution is 5.76. The number of anilines is 2. The number of aromatic nitrogens is 3. The zero-order chi connectivity index (χ0) is 19.6. The summed E-state index contributed by atoms with van der Waals surface area (Å²) in [5.74, 6) is 0.778. The minimum absolute atomic E-state index is 0.550. The van der Waals surface area contributed by atoms with E-state index in [1.807, 2.05) is 0 Å². The number of hydrogen-bond acceptors (Lipinski definition) is 6. The summed E-state index contributed by atoms with van der Waals surface area (Å²) in [5, 5.41) is 15.7. The van der Waals surface area contributed by atoms with Gasteiger partial charge >= 0.3 is 5.97 Å². The van der Waals surface area contributed by atoms with Gasteiger partial charge in [0.15, 0.2) is 0 Å². The SMILES string of the molecule is O=C(O)C(CCCCCCCc1ccc2c(n1)NCCC2)Nc1ccncn1. The number of unbranched alkanes of at least 4 members (excludes halogenated alkanes) is 4. The predicted octanol–water partition coefficient (Wildman–Crippen LogP) is 3.68. The average Bonchev–Trinajstić information content (AvgIpc) is 2.72. The van der Waals surface area contributed by atoms with Crippen molar-refractivity contribution in [1.82, 2.24) is 15.0 Å². The van der Waals surface area contributed by atoms with Crippen LogP contribution in [0.5, 0.6) is 0 Å². The molecule has 7 nitrogen and oxygen atoms in total. The molecule has 3 rings (SSSR count). The Kier molecular flexibility index (Phi) is 7.58. The first-order valence-corrected chi connectivity index (χ1v) is 10.2. The Morgan fingerprint density at radius 1 is 1.18 bits per heavy atom. The first kappa shape index (κ1) is 20.0. The van der Waals surface area contributed by atoms with E-state index in [1.165, 1.54) is 18.3 Å². The first-order valence-electron chi connectivity index (χ1n) is 10.2. The molecule has 150 valence electrons. The number of rotatable bonds is 11. The topological polar surface area (TPSA) is 100 Å². The molecule has 2 aromatic rings. The van der Waals surface area contributed by atoms with Crippen molar-refractivity contribution in [3.05, 3.63) is 42.0 Å². The Morgan fingerprint density at radius 2 is 2.04 bits per heavy atom. The number of hydrogen-bond donors (Lipinski definition) is 3. The van der Waals surface area contributed by atoms with Gasteiger partial charge < -0.3 is 15.7 Å². The summed E-state index contributed by atoms with van der Waals surface area (Å²) >= 11 is 0. The molecule has 28 heavy (non-hydrogen) atoms. The molecule has 0 radical (unpaired) electrons. The molecule has 1 aliphatic heterocycles. The van der Waals surface area contributed by atoms with Gasteiger partial charge in [-0.25, -0.2) is 19.7 Å². The molecule has 1 atom stereocenters. The van der Waals surface area contributed by atoms with Crippen LogP contribution in [-0.4, -0.2) is 38.6 Å². The quantitative estimate of drug-likeness (QED) is 0.509. The standard InChI is InChI=1S/C21H29N5O2/c27-21(28)18(26-19-12-14-22-15-24-19)9-5-3-1-2-4-8-17-11-10-16-7-6-13-23-20(16)25-17/h10-12,14-15,18H,1-9,13H2,(H,23,25)(H,27,28)(H,22,24,26). The summed E-state index contributed by atoms with van der Waals surface area (Å²) in [6.45, 7) is 1.02. The lowest BCUT2D eigenvalue weighted by atomic mass is 10.0. The maximum Gasteiger partial charge on any atom is 0.326 e.